The Bertz CT molecular complexity index is 343. The normalized spacial score (nSPS) is 21.3. The first-order valence-corrected chi connectivity index (χ1v) is 5.09. The van der Waals surface area contributed by atoms with Crippen molar-refractivity contribution < 1.29 is 5.11 Å². The van der Waals surface area contributed by atoms with Crippen molar-refractivity contribution in [3.63, 3.8) is 0 Å². The molecule has 14 heavy (non-hydrogen) atoms. The molecule has 0 bridgehead atoms. The van der Waals surface area contributed by atoms with Gasteiger partial charge in [0.2, 0.25) is 0 Å². The van der Waals surface area contributed by atoms with Crippen molar-refractivity contribution in [1.82, 2.24) is 15.0 Å². The average Bonchev–Trinajstić information content (AvgIpc) is 2.74. The molecule has 1 aliphatic carbocycles. The molecule has 1 aromatic heterocycles. The lowest BCUT2D eigenvalue weighted by Gasteiger charge is -2.04. The van der Waals surface area contributed by atoms with Crippen molar-refractivity contribution in [3.8, 4) is 0 Å². The van der Waals surface area contributed by atoms with Gasteiger partial charge in [0.05, 0.1) is 18.0 Å². The smallest absolute Gasteiger partial charge is 0.0842 e. The van der Waals surface area contributed by atoms with Gasteiger partial charge in [-0.05, 0) is 24.8 Å². The van der Waals surface area contributed by atoms with Crippen LogP contribution in [-0.4, -0.2) is 26.2 Å². The summed E-state index contributed by atoms with van der Waals surface area (Å²) in [7, 11) is 0. The van der Waals surface area contributed by atoms with E-state index in [0.717, 1.165) is 31.5 Å². The zero-order valence-corrected chi connectivity index (χ0v) is 8.35. The van der Waals surface area contributed by atoms with E-state index in [-0.39, 0.29) is 6.10 Å². The zero-order valence-electron chi connectivity index (χ0n) is 8.35. The largest absolute Gasteiger partial charge is 0.389 e. The van der Waals surface area contributed by atoms with Gasteiger partial charge in [-0.3, -0.25) is 0 Å². The minimum Gasteiger partial charge on any atom is -0.389 e. The van der Waals surface area contributed by atoms with Crippen LogP contribution in [0.4, 0.5) is 0 Å². The molecule has 4 nitrogen and oxygen atoms in total. The van der Waals surface area contributed by atoms with Gasteiger partial charge >= 0.3 is 0 Å². The molecule has 1 aromatic rings. The fourth-order valence-electron chi connectivity index (χ4n) is 1.80. The summed E-state index contributed by atoms with van der Waals surface area (Å²) in [6.07, 6.45) is 6.21. The first-order chi connectivity index (χ1) is 6.81. The molecule has 76 valence electrons. The first kappa shape index (κ1) is 9.40. The number of aryl methyl sites for hydroxylation is 1. The van der Waals surface area contributed by atoms with Crippen molar-refractivity contribution in [2.75, 3.05) is 0 Å². The number of aliphatic hydroxyl groups is 1. The number of hydrogen-bond acceptors (Lipinski definition) is 3. The molecule has 0 fully saturated rings. The summed E-state index contributed by atoms with van der Waals surface area (Å²) in [4.78, 5) is 0. The number of aromatic nitrogens is 3. The predicted molar refractivity (Wildman–Crippen MR) is 53.5 cm³/mol. The second-order valence-corrected chi connectivity index (χ2v) is 3.64. The maximum atomic E-state index is 9.39. The molecule has 0 aromatic carbocycles. The zero-order chi connectivity index (χ0) is 9.97. The molecule has 0 aliphatic heterocycles. The van der Waals surface area contributed by atoms with E-state index in [4.69, 9.17) is 0 Å². The van der Waals surface area contributed by atoms with Crippen molar-refractivity contribution in [1.29, 1.82) is 0 Å². The van der Waals surface area contributed by atoms with Gasteiger partial charge in [-0.1, -0.05) is 18.2 Å². The highest BCUT2D eigenvalue weighted by Gasteiger charge is 2.17. The lowest BCUT2D eigenvalue weighted by Crippen LogP contribution is -2.03. The summed E-state index contributed by atoms with van der Waals surface area (Å²) in [5.41, 5.74) is 2.24. The van der Waals surface area contributed by atoms with E-state index in [1.54, 1.807) is 6.20 Å². The Morgan fingerprint density at radius 3 is 3.14 bits per heavy atom. The summed E-state index contributed by atoms with van der Waals surface area (Å²) in [6, 6.07) is 0. The van der Waals surface area contributed by atoms with Crippen LogP contribution < -0.4 is 0 Å². The second-order valence-electron chi connectivity index (χ2n) is 3.64. The number of nitrogens with zero attached hydrogens (tertiary/aromatic N) is 3. The third-order valence-electron chi connectivity index (χ3n) is 2.49. The van der Waals surface area contributed by atoms with Crippen molar-refractivity contribution in [2.45, 2.75) is 38.8 Å². The van der Waals surface area contributed by atoms with Crippen LogP contribution in [0, 0.1) is 0 Å². The molecule has 0 spiro atoms. The summed E-state index contributed by atoms with van der Waals surface area (Å²) in [5, 5.41) is 17.3. The Labute approximate surface area is 83.2 Å². The quantitative estimate of drug-likeness (QED) is 0.785. The first-order valence-electron chi connectivity index (χ1n) is 5.09. The van der Waals surface area contributed by atoms with Crippen LogP contribution in [0.25, 0.3) is 5.57 Å². The van der Waals surface area contributed by atoms with Gasteiger partial charge in [0.1, 0.15) is 0 Å². The molecule has 4 heteroatoms. The topological polar surface area (TPSA) is 50.9 Å². The van der Waals surface area contributed by atoms with E-state index in [9.17, 15) is 5.11 Å². The number of hydrogen-bond donors (Lipinski definition) is 1. The predicted octanol–water partition coefficient (Wildman–Crippen LogP) is 1.23. The average molecular weight is 193 g/mol. The Kier molecular flexibility index (Phi) is 2.63. The van der Waals surface area contributed by atoms with Crippen LogP contribution in [0.15, 0.2) is 12.3 Å². The van der Waals surface area contributed by atoms with Gasteiger partial charge in [0, 0.05) is 6.54 Å². The highest BCUT2D eigenvalue weighted by atomic mass is 16.3. The molecule has 1 heterocycles. The van der Waals surface area contributed by atoms with Gasteiger partial charge < -0.3 is 5.11 Å². The number of rotatable bonds is 3. The van der Waals surface area contributed by atoms with Crippen molar-refractivity contribution >= 4 is 5.57 Å². The lowest BCUT2D eigenvalue weighted by atomic mass is 10.2. The van der Waals surface area contributed by atoms with Crippen LogP contribution >= 0.6 is 0 Å². The molecule has 2 rings (SSSR count). The Hall–Kier alpha value is -1.16. The van der Waals surface area contributed by atoms with Crippen LogP contribution in [0.2, 0.25) is 0 Å². The minimum absolute atomic E-state index is 0.282. The van der Waals surface area contributed by atoms with Crippen LogP contribution in [0.5, 0.6) is 0 Å². The van der Waals surface area contributed by atoms with E-state index in [1.807, 2.05) is 10.8 Å². The second kappa shape index (κ2) is 3.92. The third-order valence-corrected chi connectivity index (χ3v) is 2.49. The standard InChI is InChI=1S/C10H15N3O/c1-2-5-13-10(7-11-12-13)8-3-4-9(14)6-8/h6-7,9,14H,2-5H2,1H3. The van der Waals surface area contributed by atoms with Gasteiger partial charge in [-0.15, -0.1) is 5.10 Å². The molecule has 1 N–H and O–H groups in total. The fourth-order valence-corrected chi connectivity index (χ4v) is 1.80. The van der Waals surface area contributed by atoms with Gasteiger partial charge in [0.15, 0.2) is 0 Å². The maximum absolute atomic E-state index is 9.39. The summed E-state index contributed by atoms with van der Waals surface area (Å²) in [5.74, 6) is 0. The highest BCUT2D eigenvalue weighted by Crippen LogP contribution is 2.27. The van der Waals surface area contributed by atoms with Gasteiger partial charge in [-0.25, -0.2) is 4.68 Å². The molecular weight excluding hydrogens is 178 g/mol. The van der Waals surface area contributed by atoms with E-state index in [2.05, 4.69) is 17.2 Å². The van der Waals surface area contributed by atoms with E-state index >= 15 is 0 Å². The molecule has 0 amide bonds. The maximum Gasteiger partial charge on any atom is 0.0842 e. The molecule has 1 unspecified atom stereocenters. The van der Waals surface area contributed by atoms with E-state index in [1.165, 1.54) is 5.57 Å². The monoisotopic (exact) mass is 193 g/mol. The molecule has 0 saturated heterocycles. The summed E-state index contributed by atoms with van der Waals surface area (Å²) >= 11 is 0. The minimum atomic E-state index is -0.282. The number of allylic oxidation sites excluding steroid dienone is 1. The molecule has 0 radical (unpaired) electrons. The van der Waals surface area contributed by atoms with Crippen LogP contribution in [0.1, 0.15) is 31.9 Å². The fraction of sp³-hybridized carbons (Fsp3) is 0.600. The van der Waals surface area contributed by atoms with Crippen LogP contribution in [-0.2, 0) is 6.54 Å². The Morgan fingerprint density at radius 1 is 1.64 bits per heavy atom. The molecule has 1 aliphatic rings. The Balaban J connectivity index is 2.23. The van der Waals surface area contributed by atoms with E-state index < -0.39 is 0 Å². The van der Waals surface area contributed by atoms with Crippen molar-refractivity contribution in [3.05, 3.63) is 18.0 Å². The van der Waals surface area contributed by atoms with Crippen LogP contribution in [0.3, 0.4) is 0 Å². The summed E-state index contributed by atoms with van der Waals surface area (Å²) in [6.45, 7) is 3.01. The SMILES string of the molecule is CCCn1nncc1C1=CC(O)CC1. The molecular formula is C10H15N3O. The van der Waals surface area contributed by atoms with E-state index in [0.29, 0.717) is 0 Å². The molecule has 0 saturated carbocycles. The Morgan fingerprint density at radius 2 is 2.50 bits per heavy atom. The molecule has 1 atom stereocenters. The van der Waals surface area contributed by atoms with Gasteiger partial charge in [-0.2, -0.15) is 0 Å². The summed E-state index contributed by atoms with van der Waals surface area (Å²) < 4.78 is 1.91. The lowest BCUT2D eigenvalue weighted by molar-refractivity contribution is 0.223. The van der Waals surface area contributed by atoms with Gasteiger partial charge in [0.25, 0.3) is 0 Å². The number of aliphatic hydroxyl groups excluding tert-OH is 1. The van der Waals surface area contributed by atoms with Crippen molar-refractivity contribution in [2.24, 2.45) is 0 Å². The highest BCUT2D eigenvalue weighted by molar-refractivity contribution is 5.64. The third kappa shape index (κ3) is 1.70.